The second kappa shape index (κ2) is 7.69. The van der Waals surface area contributed by atoms with Crippen LogP contribution in [0, 0.1) is 0 Å². The summed E-state index contributed by atoms with van der Waals surface area (Å²) in [5.74, 6) is 0.409. The molecule has 1 aliphatic heterocycles. The van der Waals surface area contributed by atoms with Crippen LogP contribution < -0.4 is 10.6 Å². The van der Waals surface area contributed by atoms with E-state index in [2.05, 4.69) is 20.7 Å². The topological polar surface area (TPSA) is 71.8 Å². The number of benzene rings is 2. The highest BCUT2D eigenvalue weighted by molar-refractivity contribution is 7.98. The van der Waals surface area contributed by atoms with Gasteiger partial charge in [0, 0.05) is 21.3 Å². The minimum absolute atomic E-state index is 0.201. The Morgan fingerprint density at radius 3 is 2.57 bits per heavy atom. The predicted molar refractivity (Wildman–Crippen MR) is 113 cm³/mol. The molecule has 1 atom stereocenters. The SMILES string of the molecule is CSc1ccc(C2C(C(=O)Nc3ccc(Cl)cc3)=C(C)Nc3ncnn32)cc1. The van der Waals surface area contributed by atoms with Crippen molar-refractivity contribution in [3.63, 3.8) is 0 Å². The molecule has 1 unspecified atom stereocenters. The lowest BCUT2D eigenvalue weighted by molar-refractivity contribution is -0.113. The third kappa shape index (κ3) is 3.50. The summed E-state index contributed by atoms with van der Waals surface area (Å²) in [5.41, 5.74) is 2.97. The number of carbonyl (C=O) groups is 1. The largest absolute Gasteiger partial charge is 0.328 e. The summed E-state index contributed by atoms with van der Waals surface area (Å²) in [4.78, 5) is 18.6. The lowest BCUT2D eigenvalue weighted by atomic mass is 9.95. The number of halogens is 1. The Kier molecular flexibility index (Phi) is 5.11. The fourth-order valence-electron chi connectivity index (χ4n) is 3.21. The Hall–Kier alpha value is -2.77. The summed E-state index contributed by atoms with van der Waals surface area (Å²) in [5, 5.41) is 11.1. The van der Waals surface area contributed by atoms with E-state index in [4.69, 9.17) is 11.6 Å². The van der Waals surface area contributed by atoms with Crippen LogP contribution in [0.4, 0.5) is 11.6 Å². The van der Waals surface area contributed by atoms with Gasteiger partial charge in [0.1, 0.15) is 12.4 Å². The monoisotopic (exact) mass is 411 g/mol. The van der Waals surface area contributed by atoms with E-state index >= 15 is 0 Å². The van der Waals surface area contributed by atoms with Crippen molar-refractivity contribution in [2.75, 3.05) is 16.9 Å². The van der Waals surface area contributed by atoms with Crippen molar-refractivity contribution in [1.82, 2.24) is 14.8 Å². The van der Waals surface area contributed by atoms with Crippen LogP contribution in [0.5, 0.6) is 0 Å². The van der Waals surface area contributed by atoms with E-state index in [1.54, 1.807) is 40.7 Å². The van der Waals surface area contributed by atoms with Crippen molar-refractivity contribution in [2.45, 2.75) is 17.9 Å². The van der Waals surface area contributed by atoms with Gasteiger partial charge in [-0.25, -0.2) is 4.68 Å². The van der Waals surface area contributed by atoms with Gasteiger partial charge >= 0.3 is 0 Å². The van der Waals surface area contributed by atoms with E-state index in [0.29, 0.717) is 22.2 Å². The zero-order chi connectivity index (χ0) is 19.7. The minimum Gasteiger partial charge on any atom is -0.328 e. The molecule has 1 amide bonds. The third-order valence-corrected chi connectivity index (χ3v) is 5.57. The molecular weight excluding hydrogens is 394 g/mol. The number of rotatable bonds is 4. The normalized spacial score (nSPS) is 15.8. The lowest BCUT2D eigenvalue weighted by Crippen LogP contribution is -2.31. The number of hydrogen-bond donors (Lipinski definition) is 2. The van der Waals surface area contributed by atoms with Crippen molar-refractivity contribution in [1.29, 1.82) is 0 Å². The van der Waals surface area contributed by atoms with Crippen LogP contribution in [0.2, 0.25) is 5.02 Å². The highest BCUT2D eigenvalue weighted by Gasteiger charge is 2.33. The number of nitrogens with one attached hydrogen (secondary N) is 2. The van der Waals surface area contributed by atoms with Gasteiger partial charge in [0.05, 0.1) is 5.57 Å². The van der Waals surface area contributed by atoms with Gasteiger partial charge in [0.2, 0.25) is 5.95 Å². The number of anilines is 2. The number of hydrogen-bond acceptors (Lipinski definition) is 5. The van der Waals surface area contributed by atoms with Gasteiger partial charge in [-0.15, -0.1) is 11.8 Å². The number of carbonyl (C=O) groups excluding carboxylic acids is 1. The molecule has 2 aromatic carbocycles. The van der Waals surface area contributed by atoms with Crippen LogP contribution in [0.1, 0.15) is 18.5 Å². The van der Waals surface area contributed by atoms with Crippen LogP contribution in [0.25, 0.3) is 0 Å². The zero-order valence-corrected chi connectivity index (χ0v) is 16.9. The van der Waals surface area contributed by atoms with Crippen molar-refractivity contribution < 1.29 is 4.79 Å². The van der Waals surface area contributed by atoms with Crippen LogP contribution >= 0.6 is 23.4 Å². The quantitative estimate of drug-likeness (QED) is 0.615. The summed E-state index contributed by atoms with van der Waals surface area (Å²) in [6.07, 6.45) is 3.52. The molecule has 0 saturated heterocycles. The van der Waals surface area contributed by atoms with Crippen molar-refractivity contribution in [3.05, 3.63) is 76.7 Å². The molecule has 1 aliphatic rings. The predicted octanol–water partition coefficient (Wildman–Crippen LogP) is 4.58. The van der Waals surface area contributed by atoms with E-state index in [0.717, 1.165) is 16.2 Å². The average Bonchev–Trinajstić information content (AvgIpc) is 3.16. The molecule has 0 radical (unpaired) electrons. The lowest BCUT2D eigenvalue weighted by Gasteiger charge is -2.28. The Labute approximate surface area is 172 Å². The molecule has 0 fully saturated rings. The van der Waals surface area contributed by atoms with E-state index in [-0.39, 0.29) is 11.9 Å². The van der Waals surface area contributed by atoms with Crippen molar-refractivity contribution in [3.8, 4) is 0 Å². The first-order chi connectivity index (χ1) is 13.6. The number of thioether (sulfide) groups is 1. The maximum Gasteiger partial charge on any atom is 0.255 e. The highest BCUT2D eigenvalue weighted by atomic mass is 35.5. The number of amides is 1. The Bertz CT molecular complexity index is 1040. The van der Waals surface area contributed by atoms with Gasteiger partial charge in [-0.05, 0) is 55.1 Å². The minimum atomic E-state index is -0.373. The highest BCUT2D eigenvalue weighted by Crippen LogP contribution is 2.35. The molecule has 0 spiro atoms. The molecule has 8 heteroatoms. The molecule has 28 heavy (non-hydrogen) atoms. The van der Waals surface area contributed by atoms with Gasteiger partial charge in [-0.3, -0.25) is 4.79 Å². The van der Waals surface area contributed by atoms with Crippen molar-refractivity contribution >= 4 is 40.9 Å². The summed E-state index contributed by atoms with van der Waals surface area (Å²) >= 11 is 7.61. The second-order valence-corrected chi connectivity index (χ2v) is 7.64. The van der Waals surface area contributed by atoms with Gasteiger partial charge in [-0.2, -0.15) is 10.1 Å². The number of allylic oxidation sites excluding steroid dienone is 1. The molecule has 4 rings (SSSR count). The van der Waals surface area contributed by atoms with E-state index in [9.17, 15) is 4.79 Å². The molecule has 0 bridgehead atoms. The van der Waals surface area contributed by atoms with Gasteiger partial charge < -0.3 is 10.6 Å². The molecule has 0 aliphatic carbocycles. The average molecular weight is 412 g/mol. The van der Waals surface area contributed by atoms with E-state index in [1.807, 2.05) is 37.4 Å². The number of nitrogens with zero attached hydrogens (tertiary/aromatic N) is 3. The molecule has 1 aromatic heterocycles. The molecule has 0 saturated carbocycles. The van der Waals surface area contributed by atoms with E-state index < -0.39 is 0 Å². The Balaban J connectivity index is 1.73. The van der Waals surface area contributed by atoms with Crippen LogP contribution in [0.3, 0.4) is 0 Å². The summed E-state index contributed by atoms with van der Waals surface area (Å²) in [6.45, 7) is 1.87. The second-order valence-electron chi connectivity index (χ2n) is 6.33. The number of fused-ring (bicyclic) bond motifs is 1. The summed E-state index contributed by atoms with van der Waals surface area (Å²) in [6, 6.07) is 14.8. The first-order valence-electron chi connectivity index (χ1n) is 8.65. The van der Waals surface area contributed by atoms with Gasteiger partial charge in [0.25, 0.3) is 5.91 Å². The molecule has 142 valence electrons. The molecule has 3 aromatic rings. The number of aromatic nitrogens is 3. The Morgan fingerprint density at radius 2 is 1.89 bits per heavy atom. The first kappa shape index (κ1) is 18.6. The standard InChI is InChI=1S/C20H18ClN5OS/c1-12-17(19(27)25-15-7-5-14(21)6-8-15)18(26-20(24-12)22-11-23-26)13-3-9-16(28-2)10-4-13/h3-11,18H,1-2H3,(H,25,27)(H,22,23,24). The molecular formula is C20H18ClN5OS. The molecule has 2 N–H and O–H groups in total. The van der Waals surface area contributed by atoms with Gasteiger partial charge in [-0.1, -0.05) is 23.7 Å². The van der Waals surface area contributed by atoms with Crippen LogP contribution in [-0.4, -0.2) is 26.9 Å². The van der Waals surface area contributed by atoms with Crippen LogP contribution in [-0.2, 0) is 4.79 Å². The zero-order valence-electron chi connectivity index (χ0n) is 15.3. The van der Waals surface area contributed by atoms with Gasteiger partial charge in [0.15, 0.2) is 0 Å². The fraction of sp³-hybridized carbons (Fsp3) is 0.150. The molecule has 2 heterocycles. The van der Waals surface area contributed by atoms with E-state index in [1.165, 1.54) is 6.33 Å². The van der Waals surface area contributed by atoms with Crippen molar-refractivity contribution in [2.24, 2.45) is 0 Å². The summed E-state index contributed by atoms with van der Waals surface area (Å²) < 4.78 is 1.73. The van der Waals surface area contributed by atoms with Crippen LogP contribution in [0.15, 0.2) is 71.0 Å². The Morgan fingerprint density at radius 1 is 1.18 bits per heavy atom. The maximum absolute atomic E-state index is 13.2. The fourth-order valence-corrected chi connectivity index (χ4v) is 3.75. The first-order valence-corrected chi connectivity index (χ1v) is 10.3. The molecule has 6 nitrogen and oxygen atoms in total. The smallest absolute Gasteiger partial charge is 0.255 e. The maximum atomic E-state index is 13.2. The summed E-state index contributed by atoms with van der Waals surface area (Å²) in [7, 11) is 0. The third-order valence-electron chi connectivity index (χ3n) is 4.57.